The maximum absolute atomic E-state index is 12.4. The molecule has 2 unspecified atom stereocenters. The Labute approximate surface area is 121 Å². The third-order valence-electron chi connectivity index (χ3n) is 4.74. The molecular weight excluding hydrogens is 248 g/mol. The van der Waals surface area contributed by atoms with Crippen LogP contribution in [0.2, 0.25) is 0 Å². The summed E-state index contributed by atoms with van der Waals surface area (Å²) in [6, 6.07) is 9.09. The van der Waals surface area contributed by atoms with E-state index in [0.29, 0.717) is 6.04 Å². The normalized spacial score (nSPS) is 24.1. The summed E-state index contributed by atoms with van der Waals surface area (Å²) in [7, 11) is 0. The molecule has 1 amide bonds. The summed E-state index contributed by atoms with van der Waals surface area (Å²) in [4.78, 5) is 12.4. The van der Waals surface area contributed by atoms with Crippen LogP contribution in [0.15, 0.2) is 24.3 Å². The van der Waals surface area contributed by atoms with Crippen LogP contribution in [0, 0.1) is 5.92 Å². The standard InChI is InChI=1S/C17H24N2O/c1-12(16-8-4-5-9-18-16)19-17(20)15-10-13-6-2-3-7-14(13)11-15/h2-3,6-7,12,15-16,18H,4-5,8-11H2,1H3,(H,19,20). The van der Waals surface area contributed by atoms with Gasteiger partial charge in [0.25, 0.3) is 0 Å². The van der Waals surface area contributed by atoms with Gasteiger partial charge in [-0.25, -0.2) is 0 Å². The highest BCUT2D eigenvalue weighted by Gasteiger charge is 2.29. The molecule has 20 heavy (non-hydrogen) atoms. The second kappa shape index (κ2) is 5.96. The maximum Gasteiger partial charge on any atom is 0.224 e. The van der Waals surface area contributed by atoms with Gasteiger partial charge < -0.3 is 10.6 Å². The molecule has 2 N–H and O–H groups in total. The van der Waals surface area contributed by atoms with Crippen molar-refractivity contribution in [2.45, 2.75) is 51.1 Å². The zero-order valence-electron chi connectivity index (χ0n) is 12.2. The van der Waals surface area contributed by atoms with Crippen molar-refractivity contribution in [1.29, 1.82) is 0 Å². The van der Waals surface area contributed by atoms with E-state index < -0.39 is 0 Å². The van der Waals surface area contributed by atoms with Crippen molar-refractivity contribution in [3.8, 4) is 0 Å². The number of rotatable bonds is 3. The number of benzene rings is 1. The van der Waals surface area contributed by atoms with Crippen LogP contribution in [-0.2, 0) is 17.6 Å². The number of fused-ring (bicyclic) bond motifs is 1. The first-order valence-corrected chi connectivity index (χ1v) is 7.84. The summed E-state index contributed by atoms with van der Waals surface area (Å²) in [5.74, 6) is 0.347. The predicted octanol–water partition coefficient (Wildman–Crippen LogP) is 2.05. The monoisotopic (exact) mass is 272 g/mol. The van der Waals surface area contributed by atoms with Crippen LogP contribution < -0.4 is 10.6 Å². The smallest absolute Gasteiger partial charge is 0.224 e. The van der Waals surface area contributed by atoms with E-state index in [1.807, 2.05) is 0 Å². The lowest BCUT2D eigenvalue weighted by Crippen LogP contribution is -2.51. The Morgan fingerprint density at radius 2 is 1.95 bits per heavy atom. The van der Waals surface area contributed by atoms with E-state index in [0.717, 1.165) is 19.4 Å². The summed E-state index contributed by atoms with van der Waals surface area (Å²) in [6.07, 6.45) is 5.49. The van der Waals surface area contributed by atoms with Crippen molar-refractivity contribution < 1.29 is 4.79 Å². The van der Waals surface area contributed by atoms with Gasteiger partial charge in [0, 0.05) is 18.0 Å². The molecule has 1 saturated heterocycles. The van der Waals surface area contributed by atoms with Gasteiger partial charge in [-0.3, -0.25) is 4.79 Å². The SMILES string of the molecule is CC(NC(=O)C1Cc2ccccc2C1)C1CCCCN1. The van der Waals surface area contributed by atoms with E-state index in [2.05, 4.69) is 41.8 Å². The number of carbonyl (C=O) groups excluding carboxylic acids is 1. The van der Waals surface area contributed by atoms with E-state index in [4.69, 9.17) is 0 Å². The molecule has 0 aromatic heterocycles. The van der Waals surface area contributed by atoms with E-state index >= 15 is 0 Å². The molecule has 1 fully saturated rings. The van der Waals surface area contributed by atoms with E-state index in [1.165, 1.54) is 30.4 Å². The minimum Gasteiger partial charge on any atom is -0.352 e. The second-order valence-corrected chi connectivity index (χ2v) is 6.23. The minimum atomic E-state index is 0.124. The highest BCUT2D eigenvalue weighted by molar-refractivity contribution is 5.80. The first kappa shape index (κ1) is 13.6. The van der Waals surface area contributed by atoms with Gasteiger partial charge in [-0.1, -0.05) is 30.7 Å². The lowest BCUT2D eigenvalue weighted by molar-refractivity contribution is -0.125. The van der Waals surface area contributed by atoms with Crippen LogP contribution in [0.25, 0.3) is 0 Å². The van der Waals surface area contributed by atoms with Crippen LogP contribution in [0.3, 0.4) is 0 Å². The van der Waals surface area contributed by atoms with Gasteiger partial charge in [0.15, 0.2) is 0 Å². The fraction of sp³-hybridized carbons (Fsp3) is 0.588. The van der Waals surface area contributed by atoms with Crippen molar-refractivity contribution >= 4 is 5.91 Å². The van der Waals surface area contributed by atoms with Gasteiger partial charge >= 0.3 is 0 Å². The quantitative estimate of drug-likeness (QED) is 0.884. The molecule has 1 heterocycles. The Morgan fingerprint density at radius 3 is 2.55 bits per heavy atom. The van der Waals surface area contributed by atoms with Crippen LogP contribution in [0.5, 0.6) is 0 Å². The van der Waals surface area contributed by atoms with Crippen molar-refractivity contribution in [1.82, 2.24) is 10.6 Å². The third kappa shape index (κ3) is 2.88. The number of amides is 1. The fourth-order valence-corrected chi connectivity index (χ4v) is 3.49. The van der Waals surface area contributed by atoms with E-state index in [9.17, 15) is 4.79 Å². The molecular formula is C17H24N2O. The number of hydrogen-bond donors (Lipinski definition) is 2. The molecule has 1 aliphatic carbocycles. The first-order valence-electron chi connectivity index (χ1n) is 7.84. The molecule has 3 rings (SSSR count). The Balaban J connectivity index is 1.55. The van der Waals surface area contributed by atoms with Crippen LogP contribution in [-0.4, -0.2) is 24.5 Å². The summed E-state index contributed by atoms with van der Waals surface area (Å²) >= 11 is 0. The Bertz CT molecular complexity index is 455. The molecule has 3 nitrogen and oxygen atoms in total. The van der Waals surface area contributed by atoms with Crippen LogP contribution in [0.4, 0.5) is 0 Å². The average Bonchev–Trinajstić information content (AvgIpc) is 2.92. The lowest BCUT2D eigenvalue weighted by atomic mass is 9.98. The van der Waals surface area contributed by atoms with Gasteiger partial charge in [-0.05, 0) is 50.3 Å². The zero-order valence-corrected chi connectivity index (χ0v) is 12.2. The molecule has 2 atom stereocenters. The Morgan fingerprint density at radius 1 is 1.25 bits per heavy atom. The van der Waals surface area contributed by atoms with Crippen molar-refractivity contribution in [2.24, 2.45) is 5.92 Å². The molecule has 108 valence electrons. The number of piperidine rings is 1. The maximum atomic E-state index is 12.4. The lowest BCUT2D eigenvalue weighted by Gasteiger charge is -2.30. The van der Waals surface area contributed by atoms with Gasteiger partial charge in [0.05, 0.1) is 0 Å². The highest BCUT2D eigenvalue weighted by Crippen LogP contribution is 2.26. The molecule has 1 aromatic carbocycles. The molecule has 0 spiro atoms. The fourth-order valence-electron chi connectivity index (χ4n) is 3.49. The van der Waals surface area contributed by atoms with Gasteiger partial charge in [0.2, 0.25) is 5.91 Å². The largest absolute Gasteiger partial charge is 0.352 e. The molecule has 0 bridgehead atoms. The average molecular weight is 272 g/mol. The van der Waals surface area contributed by atoms with E-state index in [1.54, 1.807) is 0 Å². The summed E-state index contributed by atoms with van der Waals surface area (Å²) < 4.78 is 0. The van der Waals surface area contributed by atoms with Gasteiger partial charge in [-0.15, -0.1) is 0 Å². The van der Waals surface area contributed by atoms with Gasteiger partial charge in [-0.2, -0.15) is 0 Å². The van der Waals surface area contributed by atoms with Crippen molar-refractivity contribution in [2.75, 3.05) is 6.54 Å². The minimum absolute atomic E-state index is 0.124. The summed E-state index contributed by atoms with van der Waals surface area (Å²) in [5.41, 5.74) is 2.69. The molecule has 1 aromatic rings. The van der Waals surface area contributed by atoms with Crippen molar-refractivity contribution in [3.63, 3.8) is 0 Å². The molecule has 3 heteroatoms. The highest BCUT2D eigenvalue weighted by atomic mass is 16.1. The molecule has 0 saturated carbocycles. The van der Waals surface area contributed by atoms with Crippen LogP contribution in [0.1, 0.15) is 37.3 Å². The van der Waals surface area contributed by atoms with E-state index in [-0.39, 0.29) is 17.9 Å². The summed E-state index contributed by atoms with van der Waals surface area (Å²) in [5, 5.41) is 6.74. The Kier molecular flexibility index (Phi) is 4.06. The zero-order chi connectivity index (χ0) is 13.9. The number of carbonyl (C=O) groups is 1. The molecule has 2 aliphatic rings. The topological polar surface area (TPSA) is 41.1 Å². The van der Waals surface area contributed by atoms with Crippen molar-refractivity contribution in [3.05, 3.63) is 35.4 Å². The summed E-state index contributed by atoms with van der Waals surface area (Å²) in [6.45, 7) is 3.21. The number of nitrogens with one attached hydrogen (secondary N) is 2. The molecule has 0 radical (unpaired) electrons. The second-order valence-electron chi connectivity index (χ2n) is 6.23. The first-order chi connectivity index (χ1) is 9.74. The van der Waals surface area contributed by atoms with Gasteiger partial charge in [0.1, 0.15) is 0 Å². The number of hydrogen-bond acceptors (Lipinski definition) is 2. The third-order valence-corrected chi connectivity index (χ3v) is 4.74. The van der Waals surface area contributed by atoms with Crippen LogP contribution >= 0.6 is 0 Å². The predicted molar refractivity (Wildman–Crippen MR) is 80.6 cm³/mol. The molecule has 1 aliphatic heterocycles. The Hall–Kier alpha value is -1.35.